The molecule has 2 aliphatic rings. The Morgan fingerprint density at radius 2 is 1.85 bits per heavy atom. The van der Waals surface area contributed by atoms with Crippen LogP contribution < -0.4 is 0 Å². The first-order chi connectivity index (χ1) is 9.90. The van der Waals surface area contributed by atoms with Gasteiger partial charge in [0, 0.05) is 31.0 Å². The Bertz CT molecular complexity index is 878. The summed E-state index contributed by atoms with van der Waals surface area (Å²) >= 11 is 6.06. The van der Waals surface area contributed by atoms with Crippen LogP contribution in [0.25, 0.3) is 19.5 Å². The predicted octanol–water partition coefficient (Wildman–Crippen LogP) is 6.19. The van der Waals surface area contributed by atoms with Crippen molar-refractivity contribution in [2.24, 2.45) is 0 Å². The van der Waals surface area contributed by atoms with Gasteiger partial charge < -0.3 is 0 Å². The highest BCUT2D eigenvalue weighted by Gasteiger charge is 2.30. The molecule has 1 aliphatic carbocycles. The zero-order valence-corrected chi connectivity index (χ0v) is 13.2. The first kappa shape index (κ1) is 11.6. The van der Waals surface area contributed by atoms with Gasteiger partial charge in [-0.25, -0.2) is 0 Å². The first-order valence-electron chi connectivity index (χ1n) is 6.86. The van der Waals surface area contributed by atoms with Crippen LogP contribution in [0.3, 0.4) is 0 Å². The molecule has 3 heterocycles. The van der Waals surface area contributed by atoms with Crippen LogP contribution in [0.1, 0.15) is 17.2 Å². The fraction of sp³-hybridized carbons (Fsp3) is 0.176. The van der Waals surface area contributed by atoms with Crippen LogP contribution in [0.15, 0.2) is 53.5 Å². The lowest BCUT2D eigenvalue weighted by Gasteiger charge is -2.23. The fourth-order valence-corrected chi connectivity index (χ4v) is 7.63. The quantitative estimate of drug-likeness (QED) is 0.477. The highest BCUT2D eigenvalue weighted by Crippen LogP contribution is 2.54. The minimum atomic E-state index is 0.620. The van der Waals surface area contributed by atoms with Gasteiger partial charge in [0.15, 0.2) is 0 Å². The molecule has 1 aliphatic heterocycles. The zero-order chi connectivity index (χ0) is 13.1. The molecule has 0 radical (unpaired) electrons. The predicted molar refractivity (Wildman–Crippen MR) is 92.5 cm³/mol. The van der Waals surface area contributed by atoms with Crippen LogP contribution >= 0.6 is 34.4 Å². The summed E-state index contributed by atoms with van der Waals surface area (Å²) in [5.41, 5.74) is 0. The minimum absolute atomic E-state index is 0.620. The normalized spacial score (nSPS) is 24.2. The van der Waals surface area contributed by atoms with Crippen molar-refractivity contribution in [3.8, 4) is 0 Å². The number of hydrogen-bond acceptors (Lipinski definition) is 3. The van der Waals surface area contributed by atoms with Gasteiger partial charge in [-0.1, -0.05) is 42.5 Å². The van der Waals surface area contributed by atoms with E-state index in [1.165, 1.54) is 25.9 Å². The van der Waals surface area contributed by atoms with Gasteiger partial charge in [0.05, 0.1) is 9.40 Å². The molecule has 0 saturated heterocycles. The molecular formula is C17H12S3. The van der Waals surface area contributed by atoms with Gasteiger partial charge >= 0.3 is 0 Å². The molecule has 5 rings (SSSR count). The largest absolute Gasteiger partial charge is 0.137 e. The lowest BCUT2D eigenvalue weighted by Crippen LogP contribution is -2.09. The standard InChI is InChI=1S/C17H12S3/c1-2-6-11-9-10(5-1)14-16(18-11)17-15(20-14)12-7-3-4-8-13(12)19-17/h1-8,10-11H,9H2. The Hall–Kier alpha value is -1.03. The minimum Gasteiger partial charge on any atom is -0.137 e. The third-order valence-corrected chi connectivity index (χ3v) is 8.31. The molecule has 1 aromatic carbocycles. The summed E-state index contributed by atoms with van der Waals surface area (Å²) in [6, 6.07) is 8.83. The van der Waals surface area contributed by atoms with Crippen molar-refractivity contribution >= 4 is 53.9 Å². The summed E-state index contributed by atoms with van der Waals surface area (Å²) in [6.45, 7) is 0. The van der Waals surface area contributed by atoms with Crippen molar-refractivity contribution in [2.45, 2.75) is 22.5 Å². The van der Waals surface area contributed by atoms with Crippen molar-refractivity contribution in [2.75, 3.05) is 0 Å². The molecule has 20 heavy (non-hydrogen) atoms. The third kappa shape index (κ3) is 1.54. The molecule has 3 heteroatoms. The number of fused-ring (bicyclic) bond motifs is 8. The molecule has 2 unspecified atom stereocenters. The number of rotatable bonds is 0. The van der Waals surface area contributed by atoms with E-state index in [4.69, 9.17) is 0 Å². The van der Waals surface area contributed by atoms with Crippen LogP contribution in [0.4, 0.5) is 0 Å². The fourth-order valence-electron chi connectivity index (χ4n) is 3.12. The van der Waals surface area contributed by atoms with E-state index in [9.17, 15) is 0 Å². The second kappa shape index (κ2) is 4.23. The second-order valence-corrected chi connectivity index (χ2v) is 8.67. The molecule has 2 atom stereocenters. The summed E-state index contributed by atoms with van der Waals surface area (Å²) in [5, 5.41) is 2.09. The summed E-state index contributed by atoms with van der Waals surface area (Å²) in [5.74, 6) is 0.620. The maximum atomic E-state index is 2.39. The SMILES string of the molecule is C1=CC2CC(C=C1)c1sc3c(sc4ccccc43)c1S2. The van der Waals surface area contributed by atoms with Crippen LogP contribution in [0.5, 0.6) is 0 Å². The van der Waals surface area contributed by atoms with Crippen LogP contribution in [0.2, 0.25) is 0 Å². The van der Waals surface area contributed by atoms with Crippen molar-refractivity contribution in [1.82, 2.24) is 0 Å². The molecule has 0 amide bonds. The Kier molecular flexibility index (Phi) is 2.46. The van der Waals surface area contributed by atoms with Crippen LogP contribution in [-0.2, 0) is 0 Å². The summed E-state index contributed by atoms with van der Waals surface area (Å²) in [6.07, 6.45) is 10.5. The molecule has 0 spiro atoms. The van der Waals surface area contributed by atoms with Gasteiger partial charge in [0.2, 0.25) is 0 Å². The molecule has 2 aromatic heterocycles. The molecule has 0 saturated carbocycles. The molecule has 0 fully saturated rings. The van der Waals surface area contributed by atoms with Crippen molar-refractivity contribution < 1.29 is 0 Å². The average Bonchev–Trinajstić information content (AvgIpc) is 2.93. The lowest BCUT2D eigenvalue weighted by molar-refractivity contribution is 0.755. The first-order valence-corrected chi connectivity index (χ1v) is 9.37. The van der Waals surface area contributed by atoms with E-state index in [1.54, 1.807) is 9.77 Å². The number of hydrogen-bond donors (Lipinski definition) is 0. The van der Waals surface area contributed by atoms with Crippen LogP contribution in [0, 0.1) is 0 Å². The molecule has 0 nitrogen and oxygen atoms in total. The van der Waals surface area contributed by atoms with Crippen molar-refractivity contribution in [3.05, 3.63) is 53.4 Å². The van der Waals surface area contributed by atoms with E-state index >= 15 is 0 Å². The molecule has 98 valence electrons. The average molecular weight is 312 g/mol. The van der Waals surface area contributed by atoms with E-state index in [1.807, 2.05) is 22.7 Å². The summed E-state index contributed by atoms with van der Waals surface area (Å²) in [4.78, 5) is 3.15. The van der Waals surface area contributed by atoms with E-state index in [0.717, 1.165) is 0 Å². The van der Waals surface area contributed by atoms with Crippen molar-refractivity contribution in [3.63, 3.8) is 0 Å². The Morgan fingerprint density at radius 3 is 2.85 bits per heavy atom. The topological polar surface area (TPSA) is 0 Å². The number of benzene rings is 1. The van der Waals surface area contributed by atoms with Gasteiger partial charge in [-0.15, -0.1) is 34.4 Å². The Balaban J connectivity index is 1.84. The van der Waals surface area contributed by atoms with Gasteiger partial charge in [-0.2, -0.15) is 0 Å². The van der Waals surface area contributed by atoms with Gasteiger partial charge in [0.25, 0.3) is 0 Å². The van der Waals surface area contributed by atoms with Crippen LogP contribution in [-0.4, -0.2) is 5.25 Å². The van der Waals surface area contributed by atoms with Gasteiger partial charge in [-0.05, 0) is 12.5 Å². The maximum absolute atomic E-state index is 2.39. The monoisotopic (exact) mass is 312 g/mol. The molecule has 3 aromatic rings. The van der Waals surface area contributed by atoms with E-state index in [-0.39, 0.29) is 0 Å². The van der Waals surface area contributed by atoms with E-state index in [0.29, 0.717) is 11.2 Å². The maximum Gasteiger partial charge on any atom is 0.0602 e. The highest BCUT2D eigenvalue weighted by atomic mass is 32.2. The van der Waals surface area contributed by atoms with Gasteiger partial charge in [-0.3, -0.25) is 0 Å². The summed E-state index contributed by atoms with van der Waals surface area (Å²) in [7, 11) is 0. The lowest BCUT2D eigenvalue weighted by atomic mass is 10.0. The number of thiophene rings is 2. The van der Waals surface area contributed by atoms with E-state index < -0.39 is 0 Å². The second-order valence-electron chi connectivity index (χ2n) is 5.32. The molecular weight excluding hydrogens is 300 g/mol. The summed E-state index contributed by atoms with van der Waals surface area (Å²) < 4.78 is 4.46. The third-order valence-electron chi connectivity index (χ3n) is 4.06. The smallest absolute Gasteiger partial charge is 0.0602 e. The highest BCUT2D eigenvalue weighted by molar-refractivity contribution is 8.00. The number of allylic oxidation sites excluding steroid dienone is 3. The van der Waals surface area contributed by atoms with Gasteiger partial charge in [0.1, 0.15) is 0 Å². The van der Waals surface area contributed by atoms with Crippen molar-refractivity contribution in [1.29, 1.82) is 0 Å². The Labute approximate surface area is 129 Å². The molecule has 0 N–H and O–H groups in total. The Morgan fingerprint density at radius 1 is 0.950 bits per heavy atom. The zero-order valence-electron chi connectivity index (χ0n) is 10.7. The number of thioether (sulfide) groups is 1. The molecule has 2 bridgehead atoms. The van der Waals surface area contributed by atoms with E-state index in [2.05, 4.69) is 60.3 Å².